The molecule has 0 aliphatic rings. The standard InChI is InChI=1S/C18H11N5O14/c24-14(37-18(26)10-4-2-6-12(21(30)31)16(10)23(34)35)8-7-13(19-27)36-17(25)9-3-1-5-11(20(28)29)15(9)22(32)33/h1-6,27H,7-8H2/b19-13-. The van der Waals surface area contributed by atoms with Gasteiger partial charge in [0.1, 0.15) is 11.1 Å². The van der Waals surface area contributed by atoms with E-state index in [4.69, 9.17) is 5.21 Å². The molecule has 2 rings (SSSR count). The third-order valence-electron chi connectivity index (χ3n) is 4.30. The van der Waals surface area contributed by atoms with E-state index in [1.54, 1.807) is 0 Å². The van der Waals surface area contributed by atoms with Crippen molar-refractivity contribution >= 4 is 46.6 Å². The Balaban J connectivity index is 2.13. The Bertz CT molecular complexity index is 1370. The van der Waals surface area contributed by atoms with Crippen LogP contribution >= 0.6 is 0 Å². The molecule has 19 nitrogen and oxygen atoms in total. The maximum Gasteiger partial charge on any atom is 0.360 e. The van der Waals surface area contributed by atoms with Crippen LogP contribution in [0.25, 0.3) is 0 Å². The number of nitro groups is 4. The summed E-state index contributed by atoms with van der Waals surface area (Å²) >= 11 is 0. The minimum absolute atomic E-state index is 0.751. The molecule has 0 aromatic heterocycles. The van der Waals surface area contributed by atoms with Crippen molar-refractivity contribution in [2.24, 2.45) is 5.16 Å². The smallest absolute Gasteiger partial charge is 0.360 e. The van der Waals surface area contributed by atoms with Gasteiger partial charge < -0.3 is 14.7 Å². The molecular weight excluding hydrogens is 510 g/mol. The Morgan fingerprint density at radius 3 is 1.51 bits per heavy atom. The van der Waals surface area contributed by atoms with Crippen molar-refractivity contribution in [3.8, 4) is 0 Å². The van der Waals surface area contributed by atoms with Gasteiger partial charge in [-0.05, 0) is 12.1 Å². The van der Waals surface area contributed by atoms with Crippen molar-refractivity contribution in [2.75, 3.05) is 0 Å². The van der Waals surface area contributed by atoms with Gasteiger partial charge in [0.05, 0.1) is 26.1 Å². The fourth-order valence-electron chi connectivity index (χ4n) is 2.77. The van der Waals surface area contributed by atoms with E-state index in [0.29, 0.717) is 0 Å². The van der Waals surface area contributed by atoms with Crippen LogP contribution in [-0.2, 0) is 14.3 Å². The highest BCUT2D eigenvalue weighted by Crippen LogP contribution is 2.32. The summed E-state index contributed by atoms with van der Waals surface area (Å²) in [5.74, 6) is -5.49. The van der Waals surface area contributed by atoms with Gasteiger partial charge in [-0.15, -0.1) is 0 Å². The van der Waals surface area contributed by atoms with Crippen molar-refractivity contribution in [2.45, 2.75) is 12.8 Å². The van der Waals surface area contributed by atoms with Crippen LogP contribution in [0.3, 0.4) is 0 Å². The lowest BCUT2D eigenvalue weighted by Gasteiger charge is -2.07. The second-order valence-electron chi connectivity index (χ2n) is 6.52. The zero-order chi connectivity index (χ0) is 27.9. The number of nitro benzene ring substituents is 4. The van der Waals surface area contributed by atoms with Gasteiger partial charge in [0, 0.05) is 18.6 Å². The maximum atomic E-state index is 12.3. The molecule has 2 aromatic carbocycles. The summed E-state index contributed by atoms with van der Waals surface area (Å²) in [6.45, 7) is 0. The van der Waals surface area contributed by atoms with Gasteiger partial charge in [-0.2, -0.15) is 0 Å². The number of hydrogen-bond acceptors (Lipinski definition) is 15. The second kappa shape index (κ2) is 11.5. The molecule has 0 atom stereocenters. The number of nitrogens with zero attached hydrogens (tertiary/aromatic N) is 5. The van der Waals surface area contributed by atoms with Gasteiger partial charge in [-0.25, -0.2) is 9.59 Å². The molecule has 0 saturated heterocycles. The lowest BCUT2D eigenvalue weighted by molar-refractivity contribution is -0.422. The highest BCUT2D eigenvalue weighted by atomic mass is 16.7. The molecule has 0 unspecified atom stereocenters. The second-order valence-corrected chi connectivity index (χ2v) is 6.52. The molecule has 0 aliphatic carbocycles. The number of carbonyl (C=O) groups excluding carboxylic acids is 3. The van der Waals surface area contributed by atoms with E-state index in [1.807, 2.05) is 0 Å². The van der Waals surface area contributed by atoms with Gasteiger partial charge in [0.2, 0.25) is 5.90 Å². The SMILES string of the molecule is O=C(CC/C(=N/O)OC(=O)c1cccc([N+](=O)[O-])c1[N+](=O)[O-])OC(=O)c1cccc([N+](=O)[O-])c1[N+](=O)[O-]. The number of ether oxygens (including phenoxy) is 2. The number of carbonyl (C=O) groups is 3. The Morgan fingerprint density at radius 1 is 0.703 bits per heavy atom. The molecule has 37 heavy (non-hydrogen) atoms. The first-order valence-corrected chi connectivity index (χ1v) is 9.40. The van der Waals surface area contributed by atoms with Crippen LogP contribution in [0.4, 0.5) is 22.7 Å². The van der Waals surface area contributed by atoms with Crippen molar-refractivity contribution in [1.82, 2.24) is 0 Å². The van der Waals surface area contributed by atoms with Gasteiger partial charge in [0.15, 0.2) is 0 Å². The van der Waals surface area contributed by atoms with Crippen LogP contribution in [0.15, 0.2) is 41.6 Å². The van der Waals surface area contributed by atoms with E-state index < -0.39 is 90.2 Å². The summed E-state index contributed by atoms with van der Waals surface area (Å²) in [6, 6.07) is 5.02. The fraction of sp³-hybridized carbons (Fsp3) is 0.111. The molecule has 0 bridgehead atoms. The van der Waals surface area contributed by atoms with E-state index in [-0.39, 0.29) is 0 Å². The largest absolute Gasteiger partial charge is 0.408 e. The van der Waals surface area contributed by atoms with E-state index >= 15 is 0 Å². The van der Waals surface area contributed by atoms with Gasteiger partial charge in [-0.3, -0.25) is 45.3 Å². The molecule has 0 aliphatic heterocycles. The third kappa shape index (κ3) is 6.38. The summed E-state index contributed by atoms with van der Waals surface area (Å²) < 4.78 is 9.01. The number of hydrogen-bond donors (Lipinski definition) is 1. The first-order valence-electron chi connectivity index (χ1n) is 9.40. The summed E-state index contributed by atoms with van der Waals surface area (Å²) in [5.41, 5.74) is -6.29. The number of para-hydroxylation sites is 2. The zero-order valence-corrected chi connectivity index (χ0v) is 17.9. The Hall–Kier alpha value is -5.88. The monoisotopic (exact) mass is 521 g/mol. The van der Waals surface area contributed by atoms with Gasteiger partial charge in [-0.1, -0.05) is 17.3 Å². The molecule has 0 radical (unpaired) electrons. The average molecular weight is 521 g/mol. The molecule has 0 spiro atoms. The van der Waals surface area contributed by atoms with Crippen molar-refractivity contribution in [1.29, 1.82) is 0 Å². The molecule has 0 heterocycles. The molecule has 0 saturated carbocycles. The molecule has 192 valence electrons. The van der Waals surface area contributed by atoms with Gasteiger partial charge in [0.25, 0.3) is 0 Å². The number of rotatable bonds is 9. The highest BCUT2D eigenvalue weighted by molar-refractivity contribution is 6.03. The van der Waals surface area contributed by atoms with E-state index in [0.717, 1.165) is 36.4 Å². The third-order valence-corrected chi connectivity index (χ3v) is 4.30. The van der Waals surface area contributed by atoms with Crippen LogP contribution in [-0.4, -0.2) is 48.7 Å². The van der Waals surface area contributed by atoms with E-state index in [2.05, 4.69) is 14.6 Å². The van der Waals surface area contributed by atoms with Crippen LogP contribution in [0, 0.1) is 40.5 Å². The number of oxime groups is 1. The summed E-state index contributed by atoms with van der Waals surface area (Å²) in [6.07, 6.45) is -1.60. The van der Waals surface area contributed by atoms with Crippen LogP contribution in [0.2, 0.25) is 0 Å². The Kier molecular flexibility index (Phi) is 8.51. The first kappa shape index (κ1) is 27.4. The molecule has 1 N–H and O–H groups in total. The predicted molar refractivity (Wildman–Crippen MR) is 114 cm³/mol. The molecule has 0 amide bonds. The predicted octanol–water partition coefficient (Wildman–Crippen LogP) is 2.43. The minimum atomic E-state index is -1.62. The maximum absolute atomic E-state index is 12.3. The van der Waals surface area contributed by atoms with E-state index in [1.165, 1.54) is 0 Å². The van der Waals surface area contributed by atoms with Crippen molar-refractivity contribution in [3.05, 3.63) is 88.0 Å². The van der Waals surface area contributed by atoms with Crippen molar-refractivity contribution in [3.63, 3.8) is 0 Å². The summed E-state index contributed by atoms with van der Waals surface area (Å²) in [7, 11) is 0. The Morgan fingerprint density at radius 2 is 1.14 bits per heavy atom. The van der Waals surface area contributed by atoms with Gasteiger partial charge >= 0.3 is 40.7 Å². The topological polar surface area (TPSA) is 275 Å². The first-order chi connectivity index (χ1) is 17.4. The summed E-state index contributed by atoms with van der Waals surface area (Å²) in [5, 5.41) is 55.9. The zero-order valence-electron chi connectivity index (χ0n) is 17.9. The van der Waals surface area contributed by atoms with Crippen LogP contribution in [0.1, 0.15) is 33.6 Å². The molecule has 19 heteroatoms. The molecule has 2 aromatic rings. The molecule has 0 fully saturated rings. The number of esters is 3. The Labute approximate surface area is 202 Å². The van der Waals surface area contributed by atoms with Crippen LogP contribution < -0.4 is 0 Å². The lowest BCUT2D eigenvalue weighted by Crippen LogP contribution is -2.18. The van der Waals surface area contributed by atoms with E-state index in [9.17, 15) is 54.8 Å². The summed E-state index contributed by atoms with van der Waals surface area (Å²) in [4.78, 5) is 76.1. The lowest BCUT2D eigenvalue weighted by atomic mass is 10.1. The highest BCUT2D eigenvalue weighted by Gasteiger charge is 2.34. The normalized spacial score (nSPS) is 10.8. The average Bonchev–Trinajstić information content (AvgIpc) is 2.84. The number of benzene rings is 2. The minimum Gasteiger partial charge on any atom is -0.408 e. The van der Waals surface area contributed by atoms with Crippen molar-refractivity contribution < 1.29 is 48.8 Å². The van der Waals surface area contributed by atoms with Crippen LogP contribution in [0.5, 0.6) is 0 Å². The fourth-order valence-corrected chi connectivity index (χ4v) is 2.77. The quantitative estimate of drug-likeness (QED) is 0.0943. The molecular formula is C18H11N5O14.